The van der Waals surface area contributed by atoms with Gasteiger partial charge in [-0.15, -0.1) is 12.4 Å². The fraction of sp³-hybridized carbons (Fsp3) is 0.316. The molecule has 2 aromatic carbocycles. The lowest BCUT2D eigenvalue weighted by molar-refractivity contribution is -0.129. The Labute approximate surface area is 157 Å². The number of halogens is 2. The van der Waals surface area contributed by atoms with Crippen LogP contribution in [0.5, 0.6) is 0 Å². The highest BCUT2D eigenvalue weighted by atomic mass is 79.9. The topological polar surface area (TPSA) is 46.3 Å². The fourth-order valence-electron chi connectivity index (χ4n) is 2.98. The lowest BCUT2D eigenvalue weighted by Crippen LogP contribution is -2.35. The van der Waals surface area contributed by atoms with E-state index in [-0.39, 0.29) is 23.7 Å². The zero-order valence-electron chi connectivity index (χ0n) is 13.7. The number of carbonyl (C=O) groups excluding carboxylic acids is 1. The van der Waals surface area contributed by atoms with Crippen molar-refractivity contribution >= 4 is 39.9 Å². The predicted octanol–water partition coefficient (Wildman–Crippen LogP) is 4.19. The summed E-state index contributed by atoms with van der Waals surface area (Å²) in [5, 5.41) is 0. The average Bonchev–Trinajstić information content (AvgIpc) is 3.31. The van der Waals surface area contributed by atoms with Crippen LogP contribution in [0.2, 0.25) is 0 Å². The van der Waals surface area contributed by atoms with Crippen LogP contribution in [0, 0.1) is 0 Å². The third kappa shape index (κ3) is 4.31. The van der Waals surface area contributed by atoms with Gasteiger partial charge >= 0.3 is 0 Å². The van der Waals surface area contributed by atoms with Gasteiger partial charge < -0.3 is 10.6 Å². The molecule has 2 aromatic rings. The number of anilines is 1. The van der Waals surface area contributed by atoms with Gasteiger partial charge in [-0.25, -0.2) is 0 Å². The quantitative estimate of drug-likeness (QED) is 0.753. The van der Waals surface area contributed by atoms with Gasteiger partial charge in [-0.2, -0.15) is 0 Å². The minimum atomic E-state index is 0. The summed E-state index contributed by atoms with van der Waals surface area (Å²) in [4.78, 5) is 14.3. The summed E-state index contributed by atoms with van der Waals surface area (Å²) in [5.74, 6) is 0.151. The summed E-state index contributed by atoms with van der Waals surface area (Å²) in [6.45, 7) is 0.780. The van der Waals surface area contributed by atoms with E-state index in [1.165, 1.54) is 5.56 Å². The van der Waals surface area contributed by atoms with E-state index in [1.807, 2.05) is 36.2 Å². The van der Waals surface area contributed by atoms with Crippen LogP contribution in [0.1, 0.15) is 24.0 Å². The van der Waals surface area contributed by atoms with Crippen molar-refractivity contribution in [3.63, 3.8) is 0 Å². The number of rotatable bonds is 5. The standard InChI is InChI=1S/C19H21BrN2O.ClH/c1-22(18(23)12-14-2-8-17(21)9-3-14)13-19(10-11-19)15-4-6-16(20)7-5-15;/h2-9H,10-13,21H2,1H3;1H. The van der Waals surface area contributed by atoms with Gasteiger partial charge in [0.05, 0.1) is 6.42 Å². The normalized spacial score (nSPS) is 14.6. The number of benzene rings is 2. The number of amides is 1. The van der Waals surface area contributed by atoms with Crippen LogP contribution >= 0.6 is 28.3 Å². The van der Waals surface area contributed by atoms with Gasteiger partial charge in [0, 0.05) is 29.2 Å². The third-order valence-electron chi connectivity index (χ3n) is 4.61. The number of hydrogen-bond donors (Lipinski definition) is 1. The SMILES string of the molecule is CN(CC1(c2ccc(Br)cc2)CC1)C(=O)Cc1ccc(N)cc1.Cl. The molecular formula is C19H22BrClN2O. The highest BCUT2D eigenvalue weighted by Gasteiger charge is 2.45. The van der Waals surface area contributed by atoms with Crippen molar-refractivity contribution in [1.29, 1.82) is 0 Å². The van der Waals surface area contributed by atoms with Gasteiger partial charge in [0.2, 0.25) is 5.91 Å². The average molecular weight is 410 g/mol. The minimum absolute atomic E-state index is 0. The molecule has 3 nitrogen and oxygen atoms in total. The molecule has 0 saturated heterocycles. The molecule has 1 aliphatic rings. The maximum absolute atomic E-state index is 12.5. The van der Waals surface area contributed by atoms with E-state index in [0.29, 0.717) is 6.42 Å². The number of nitrogens with zero attached hydrogens (tertiary/aromatic N) is 1. The highest BCUT2D eigenvalue weighted by molar-refractivity contribution is 9.10. The molecule has 0 unspecified atom stereocenters. The van der Waals surface area contributed by atoms with E-state index >= 15 is 0 Å². The van der Waals surface area contributed by atoms with Crippen molar-refractivity contribution in [1.82, 2.24) is 4.90 Å². The van der Waals surface area contributed by atoms with Gasteiger partial charge in [-0.1, -0.05) is 40.2 Å². The molecule has 1 amide bonds. The second-order valence-corrected chi connectivity index (χ2v) is 7.37. The molecule has 0 bridgehead atoms. The molecule has 2 N–H and O–H groups in total. The Kier molecular flexibility index (Phi) is 5.94. The molecule has 1 aliphatic carbocycles. The van der Waals surface area contributed by atoms with Crippen LogP contribution in [-0.4, -0.2) is 24.4 Å². The minimum Gasteiger partial charge on any atom is -0.399 e. The van der Waals surface area contributed by atoms with Gasteiger partial charge in [0.1, 0.15) is 0 Å². The summed E-state index contributed by atoms with van der Waals surface area (Å²) in [6, 6.07) is 16.0. The fourth-order valence-corrected chi connectivity index (χ4v) is 3.24. The second kappa shape index (κ2) is 7.58. The largest absolute Gasteiger partial charge is 0.399 e. The van der Waals surface area contributed by atoms with Crippen molar-refractivity contribution in [3.05, 3.63) is 64.1 Å². The molecule has 128 valence electrons. The molecule has 5 heteroatoms. The van der Waals surface area contributed by atoms with Gasteiger partial charge in [-0.05, 0) is 48.2 Å². The Hall–Kier alpha value is -1.52. The lowest BCUT2D eigenvalue weighted by atomic mass is 9.95. The van der Waals surface area contributed by atoms with Crippen LogP contribution < -0.4 is 5.73 Å². The molecule has 1 fully saturated rings. The Balaban J connectivity index is 0.00000208. The molecule has 1 saturated carbocycles. The third-order valence-corrected chi connectivity index (χ3v) is 5.14. The first kappa shape index (κ1) is 18.8. The van der Waals surface area contributed by atoms with Crippen molar-refractivity contribution in [2.24, 2.45) is 0 Å². The Bertz CT molecular complexity index is 696. The van der Waals surface area contributed by atoms with Crippen LogP contribution in [0.15, 0.2) is 53.0 Å². The van der Waals surface area contributed by atoms with E-state index in [9.17, 15) is 4.79 Å². The highest BCUT2D eigenvalue weighted by Crippen LogP contribution is 2.48. The summed E-state index contributed by atoms with van der Waals surface area (Å²) in [6.07, 6.45) is 2.72. The predicted molar refractivity (Wildman–Crippen MR) is 104 cm³/mol. The van der Waals surface area contributed by atoms with Gasteiger partial charge in [0.25, 0.3) is 0 Å². The Morgan fingerprint density at radius 2 is 1.71 bits per heavy atom. The Morgan fingerprint density at radius 1 is 1.12 bits per heavy atom. The molecule has 24 heavy (non-hydrogen) atoms. The molecule has 0 spiro atoms. The molecule has 0 aliphatic heterocycles. The van der Waals surface area contributed by atoms with Gasteiger partial charge in [-0.3, -0.25) is 4.79 Å². The van der Waals surface area contributed by atoms with Crippen LogP contribution in [0.4, 0.5) is 5.69 Å². The maximum atomic E-state index is 12.5. The summed E-state index contributed by atoms with van der Waals surface area (Å²) in [5.41, 5.74) is 8.88. The first-order valence-electron chi connectivity index (χ1n) is 7.83. The zero-order chi connectivity index (χ0) is 16.4. The van der Waals surface area contributed by atoms with Crippen molar-refractivity contribution in [3.8, 4) is 0 Å². The van der Waals surface area contributed by atoms with Gasteiger partial charge in [0.15, 0.2) is 0 Å². The van der Waals surface area contributed by atoms with Crippen LogP contribution in [0.25, 0.3) is 0 Å². The summed E-state index contributed by atoms with van der Waals surface area (Å²) in [7, 11) is 1.90. The number of nitrogen functional groups attached to an aromatic ring is 1. The second-order valence-electron chi connectivity index (χ2n) is 6.46. The number of carbonyl (C=O) groups is 1. The molecule has 0 atom stereocenters. The summed E-state index contributed by atoms with van der Waals surface area (Å²) >= 11 is 3.48. The molecule has 0 aromatic heterocycles. The summed E-state index contributed by atoms with van der Waals surface area (Å²) < 4.78 is 1.09. The lowest BCUT2D eigenvalue weighted by Gasteiger charge is -2.24. The zero-order valence-corrected chi connectivity index (χ0v) is 16.1. The van der Waals surface area contributed by atoms with Crippen molar-refractivity contribution in [2.75, 3.05) is 19.3 Å². The van der Waals surface area contributed by atoms with Crippen LogP contribution in [-0.2, 0) is 16.6 Å². The number of nitrogens with two attached hydrogens (primary N) is 1. The molecular weight excluding hydrogens is 388 g/mol. The van der Waals surface area contributed by atoms with Crippen molar-refractivity contribution in [2.45, 2.75) is 24.7 Å². The monoisotopic (exact) mass is 408 g/mol. The molecule has 0 heterocycles. The Morgan fingerprint density at radius 3 is 2.25 bits per heavy atom. The van der Waals surface area contributed by atoms with E-state index in [0.717, 1.165) is 35.1 Å². The number of hydrogen-bond acceptors (Lipinski definition) is 2. The molecule has 3 rings (SSSR count). The number of likely N-dealkylation sites (N-methyl/N-ethyl adjacent to an activating group) is 1. The van der Waals surface area contributed by atoms with Crippen molar-refractivity contribution < 1.29 is 4.79 Å². The smallest absolute Gasteiger partial charge is 0.226 e. The van der Waals surface area contributed by atoms with E-state index < -0.39 is 0 Å². The van der Waals surface area contributed by atoms with E-state index in [4.69, 9.17) is 5.73 Å². The first-order chi connectivity index (χ1) is 11.0. The van der Waals surface area contributed by atoms with E-state index in [1.54, 1.807) is 0 Å². The molecule has 0 radical (unpaired) electrons. The van der Waals surface area contributed by atoms with E-state index in [2.05, 4.69) is 40.2 Å². The maximum Gasteiger partial charge on any atom is 0.226 e. The van der Waals surface area contributed by atoms with Crippen LogP contribution in [0.3, 0.4) is 0 Å². The first-order valence-corrected chi connectivity index (χ1v) is 8.62.